The fourth-order valence-electron chi connectivity index (χ4n) is 6.25. The number of aliphatic hydroxyl groups is 4. The summed E-state index contributed by atoms with van der Waals surface area (Å²) >= 11 is 0. The molecule has 0 amide bonds. The first-order valence-electron chi connectivity index (χ1n) is 13.9. The first-order valence-corrected chi connectivity index (χ1v) is 13.9. The van der Waals surface area contributed by atoms with Gasteiger partial charge in [0.15, 0.2) is 12.1 Å². The lowest BCUT2D eigenvalue weighted by Gasteiger charge is -2.49. The highest BCUT2D eigenvalue weighted by molar-refractivity contribution is 5.37. The summed E-state index contributed by atoms with van der Waals surface area (Å²) in [7, 11) is 0. The minimum atomic E-state index is -1.75. The van der Waals surface area contributed by atoms with Crippen molar-refractivity contribution in [2.75, 3.05) is 26.4 Å². The molecule has 3 rings (SSSR count). The van der Waals surface area contributed by atoms with Gasteiger partial charge >= 0.3 is 0 Å². The molecule has 7 atom stereocenters. The summed E-state index contributed by atoms with van der Waals surface area (Å²) in [5, 5.41) is 40.4. The molecular weight excluding hydrogens is 474 g/mol. The van der Waals surface area contributed by atoms with Crippen LogP contribution >= 0.6 is 0 Å². The molecule has 0 spiro atoms. The average molecular weight is 526 g/mol. The number of nitrogens with zero attached hydrogens (tertiary/aromatic N) is 1. The smallest absolute Gasteiger partial charge is 0.186 e. The number of hydrogen-bond donors (Lipinski definition) is 4. The molecule has 0 aromatic rings. The first kappa shape index (κ1) is 30.5. The second kappa shape index (κ2) is 11.6. The summed E-state index contributed by atoms with van der Waals surface area (Å²) in [5.41, 5.74) is 2.01. The molecule has 2 saturated heterocycles. The fraction of sp³-hybridized carbons (Fsp3) is 0.862. The van der Waals surface area contributed by atoms with Crippen LogP contribution in [0, 0.1) is 23.2 Å². The molecule has 8 nitrogen and oxygen atoms in total. The molecule has 2 heterocycles. The summed E-state index contributed by atoms with van der Waals surface area (Å²) in [5.74, 6) is -2.74. The standard InChI is InChI=1S/C29H51NO7/c1-9-20(23-19(4)30(23)13-10-11-18(2)3)16-36-28(7,8)17-27(5,6)12-14-35-26-22-25(33)24(32)21(15-31)29(22,34)37-26/h9,18,21-26,31-34H,4,10-17H2,1-3,5-8H3. The third kappa shape index (κ3) is 6.78. The quantitative estimate of drug-likeness (QED) is 0.191. The van der Waals surface area contributed by atoms with Crippen molar-refractivity contribution in [2.24, 2.45) is 23.2 Å². The van der Waals surface area contributed by atoms with Gasteiger partial charge in [-0.15, -0.1) is 0 Å². The van der Waals surface area contributed by atoms with E-state index in [1.807, 2.05) is 0 Å². The molecule has 37 heavy (non-hydrogen) atoms. The van der Waals surface area contributed by atoms with Gasteiger partial charge in [-0.2, -0.15) is 0 Å². The highest BCUT2D eigenvalue weighted by Crippen LogP contribution is 2.53. The van der Waals surface area contributed by atoms with Gasteiger partial charge in [-0.25, -0.2) is 0 Å². The normalized spacial score (nSPS) is 34.2. The van der Waals surface area contributed by atoms with Gasteiger partial charge in [0.05, 0.1) is 55.5 Å². The molecule has 8 heteroatoms. The molecule has 3 fully saturated rings. The minimum Gasteiger partial charge on any atom is -0.396 e. The van der Waals surface area contributed by atoms with Crippen molar-refractivity contribution in [2.45, 2.75) is 110 Å². The van der Waals surface area contributed by atoms with Crippen molar-refractivity contribution in [3.63, 3.8) is 0 Å². The zero-order valence-corrected chi connectivity index (χ0v) is 23.9. The van der Waals surface area contributed by atoms with Crippen LogP contribution in [0.25, 0.3) is 0 Å². The van der Waals surface area contributed by atoms with Crippen molar-refractivity contribution < 1.29 is 34.6 Å². The van der Waals surface area contributed by atoms with Gasteiger partial charge in [0.25, 0.3) is 0 Å². The molecule has 214 valence electrons. The SMILES string of the molecule is C=C1C(C(=CC)COC(C)(C)CC(C)(C)CCOC2OC3(O)C(CO)C(O)C(O)C23)N1CCCC(C)C. The highest BCUT2D eigenvalue weighted by Gasteiger charge is 2.71. The Kier molecular flexibility index (Phi) is 9.59. The number of allylic oxidation sites excluding steroid dienone is 1. The van der Waals surface area contributed by atoms with Crippen LogP contribution in [0.5, 0.6) is 0 Å². The third-order valence-electron chi connectivity index (χ3n) is 8.36. The van der Waals surface area contributed by atoms with Crippen molar-refractivity contribution in [3.8, 4) is 0 Å². The zero-order valence-electron chi connectivity index (χ0n) is 23.9. The molecule has 0 aromatic heterocycles. The lowest BCUT2D eigenvalue weighted by molar-refractivity contribution is -0.439. The lowest BCUT2D eigenvalue weighted by atomic mass is 9.79. The Morgan fingerprint density at radius 3 is 2.49 bits per heavy atom. The number of rotatable bonds is 15. The zero-order chi connectivity index (χ0) is 27.8. The summed E-state index contributed by atoms with van der Waals surface area (Å²) in [6.07, 6.45) is 2.86. The van der Waals surface area contributed by atoms with E-state index in [-0.39, 0.29) is 11.0 Å². The molecule has 3 aliphatic rings. The van der Waals surface area contributed by atoms with Gasteiger partial charge in [0, 0.05) is 12.2 Å². The van der Waals surface area contributed by atoms with Gasteiger partial charge < -0.3 is 39.5 Å². The van der Waals surface area contributed by atoms with Gasteiger partial charge in [0.1, 0.15) is 0 Å². The van der Waals surface area contributed by atoms with Gasteiger partial charge in [-0.05, 0) is 63.4 Å². The Labute approximate surface area is 223 Å². The predicted octanol–water partition coefficient (Wildman–Crippen LogP) is 3.19. The third-order valence-corrected chi connectivity index (χ3v) is 8.36. The molecule has 2 aliphatic heterocycles. The average Bonchev–Trinajstić information content (AvgIpc) is 3.37. The monoisotopic (exact) mass is 525 g/mol. The predicted molar refractivity (Wildman–Crippen MR) is 142 cm³/mol. The molecule has 0 radical (unpaired) electrons. The van der Waals surface area contributed by atoms with Crippen molar-refractivity contribution in [1.82, 2.24) is 4.90 Å². The second-order valence-corrected chi connectivity index (χ2v) is 13.0. The number of ether oxygens (including phenoxy) is 3. The number of hydrogen-bond acceptors (Lipinski definition) is 8. The minimum absolute atomic E-state index is 0.0901. The van der Waals surface area contributed by atoms with Gasteiger partial charge in [-0.3, -0.25) is 0 Å². The van der Waals surface area contributed by atoms with Crippen molar-refractivity contribution in [1.29, 1.82) is 0 Å². The Morgan fingerprint density at radius 2 is 1.89 bits per heavy atom. The Hall–Kier alpha value is -1.00. The largest absolute Gasteiger partial charge is 0.396 e. The van der Waals surface area contributed by atoms with Crippen LogP contribution in [0.1, 0.15) is 74.1 Å². The topological polar surface area (TPSA) is 112 Å². The Bertz CT molecular complexity index is 825. The maximum atomic E-state index is 10.6. The molecule has 0 aromatic carbocycles. The fourth-order valence-corrected chi connectivity index (χ4v) is 6.25. The maximum Gasteiger partial charge on any atom is 0.186 e. The van der Waals surface area contributed by atoms with Crippen LogP contribution in [-0.4, -0.2) is 87.6 Å². The summed E-state index contributed by atoms with van der Waals surface area (Å²) in [6.45, 7) is 20.9. The van der Waals surface area contributed by atoms with Gasteiger partial charge in [-0.1, -0.05) is 40.3 Å². The second-order valence-electron chi connectivity index (χ2n) is 13.0. The van der Waals surface area contributed by atoms with E-state index < -0.39 is 42.7 Å². The van der Waals surface area contributed by atoms with Crippen LogP contribution in [0.15, 0.2) is 23.9 Å². The lowest BCUT2D eigenvalue weighted by Crippen LogP contribution is -2.63. The Balaban J connectivity index is 1.42. The molecule has 4 N–H and O–H groups in total. The number of aliphatic hydroxyl groups excluding tert-OH is 3. The van der Waals surface area contributed by atoms with E-state index in [2.05, 4.69) is 66.0 Å². The summed E-state index contributed by atoms with van der Waals surface area (Å²) < 4.78 is 17.7. The van der Waals surface area contributed by atoms with Crippen LogP contribution in [-0.2, 0) is 14.2 Å². The van der Waals surface area contributed by atoms with E-state index in [1.54, 1.807) is 0 Å². The maximum absolute atomic E-state index is 10.6. The summed E-state index contributed by atoms with van der Waals surface area (Å²) in [4.78, 5) is 2.38. The van der Waals surface area contributed by atoms with E-state index in [0.717, 1.165) is 25.3 Å². The van der Waals surface area contributed by atoms with Crippen LogP contribution in [0.3, 0.4) is 0 Å². The van der Waals surface area contributed by atoms with Crippen LogP contribution in [0.4, 0.5) is 0 Å². The van der Waals surface area contributed by atoms with E-state index >= 15 is 0 Å². The van der Waals surface area contributed by atoms with E-state index in [4.69, 9.17) is 14.2 Å². The number of fused-ring (bicyclic) bond motifs is 1. The molecule has 7 unspecified atom stereocenters. The van der Waals surface area contributed by atoms with Crippen LogP contribution in [0.2, 0.25) is 0 Å². The highest BCUT2D eigenvalue weighted by atomic mass is 16.8. The van der Waals surface area contributed by atoms with Crippen molar-refractivity contribution >= 4 is 0 Å². The van der Waals surface area contributed by atoms with Crippen LogP contribution < -0.4 is 0 Å². The molecular formula is C29H51NO7. The molecule has 1 saturated carbocycles. The Morgan fingerprint density at radius 1 is 1.22 bits per heavy atom. The van der Waals surface area contributed by atoms with Crippen molar-refractivity contribution in [3.05, 3.63) is 23.9 Å². The van der Waals surface area contributed by atoms with E-state index in [0.29, 0.717) is 19.3 Å². The van der Waals surface area contributed by atoms with E-state index in [9.17, 15) is 20.4 Å². The van der Waals surface area contributed by atoms with Gasteiger partial charge in [0.2, 0.25) is 0 Å². The molecule has 1 aliphatic carbocycles. The van der Waals surface area contributed by atoms with E-state index in [1.165, 1.54) is 24.1 Å². The molecule has 0 bridgehead atoms. The summed E-state index contributed by atoms with van der Waals surface area (Å²) in [6, 6.07) is 0.297. The first-order chi connectivity index (χ1) is 17.2.